The van der Waals surface area contributed by atoms with E-state index in [1.54, 1.807) is 59.5 Å². The van der Waals surface area contributed by atoms with E-state index in [9.17, 15) is 123 Å². The molecule has 1 fully saturated rings. The van der Waals surface area contributed by atoms with Crippen molar-refractivity contribution >= 4 is 188 Å². The number of para-hydroxylation sites is 5. The Bertz CT molecular complexity index is 6450. The number of nitrogens with two attached hydrogens (primary N) is 2. The number of carboxylic acid groups (broad SMARTS) is 1. The van der Waals surface area contributed by atoms with Gasteiger partial charge in [-0.3, -0.25) is 28.8 Å². The number of ketones is 1. The Morgan fingerprint density at radius 2 is 0.906 bits per heavy atom. The summed E-state index contributed by atoms with van der Waals surface area (Å²) in [6.07, 6.45) is 4.21. The van der Waals surface area contributed by atoms with Gasteiger partial charge >= 0.3 is 162 Å². The Balaban J connectivity index is 0.000000591. The van der Waals surface area contributed by atoms with Crippen LogP contribution in [0, 0.1) is 5.92 Å². The molecule has 0 radical (unpaired) electrons. The number of hydrogen-bond donors (Lipinski definition) is 6. The molecule has 3 aliphatic rings. The summed E-state index contributed by atoms with van der Waals surface area (Å²) in [6, 6.07) is 71.8. The van der Waals surface area contributed by atoms with Gasteiger partial charge in [0.1, 0.15) is 23.2 Å². The molecule has 0 aliphatic carbocycles. The smallest absolute Gasteiger partial charge is 1.00 e. The first-order valence-corrected chi connectivity index (χ1v) is 56.4. The third-order valence-electron chi connectivity index (χ3n) is 20.4. The van der Waals surface area contributed by atoms with Gasteiger partial charge in [0.15, 0.2) is 5.78 Å². The number of rotatable bonds is 26. The summed E-state index contributed by atoms with van der Waals surface area (Å²) in [5, 5.41) is 35.2. The predicted molar refractivity (Wildman–Crippen MR) is 545 cm³/mol. The normalized spacial score (nSPS) is 13.3. The third kappa shape index (κ3) is 45.0. The number of carboxylic acids is 1. The van der Waals surface area contributed by atoms with Gasteiger partial charge in [0, 0.05) is 117 Å². The van der Waals surface area contributed by atoms with Gasteiger partial charge in [-0.2, -0.15) is 64.8 Å². The number of halogens is 14. The van der Waals surface area contributed by atoms with Crippen molar-refractivity contribution in [3.05, 3.63) is 300 Å². The maximum absolute atomic E-state index is 12.5. The zero-order chi connectivity index (χ0) is 110. The van der Waals surface area contributed by atoms with Crippen LogP contribution in [0.3, 0.4) is 0 Å². The molecule has 149 heavy (non-hydrogen) atoms. The van der Waals surface area contributed by atoms with Crippen LogP contribution >= 0.6 is 48.8 Å². The van der Waals surface area contributed by atoms with Crippen molar-refractivity contribution in [1.82, 2.24) is 5.32 Å². The summed E-state index contributed by atoms with van der Waals surface area (Å²) in [4.78, 5) is 110. The van der Waals surface area contributed by atoms with E-state index in [-0.39, 0.29) is 141 Å². The van der Waals surface area contributed by atoms with Gasteiger partial charge in [-0.1, -0.05) is 165 Å². The van der Waals surface area contributed by atoms with Gasteiger partial charge in [0.05, 0.1) is 78.3 Å². The minimum atomic E-state index is -6.86. The summed E-state index contributed by atoms with van der Waals surface area (Å²) in [5.41, 5.74) is -1.96. The molecule has 804 valence electrons. The number of phenols is 2. The number of nitrogens with one attached hydrogen (secondary N) is 1. The number of piperidine rings is 1. The van der Waals surface area contributed by atoms with E-state index < -0.39 is 104 Å². The molecule has 10 aromatic carbocycles. The number of amides is 2. The summed E-state index contributed by atoms with van der Waals surface area (Å²) >= 11 is 2.25. The number of methoxy groups -OCH3 is 5. The van der Waals surface area contributed by atoms with Crippen molar-refractivity contribution in [2.45, 2.75) is 81.7 Å². The molecule has 1 unspecified atom stereocenters. The summed E-state index contributed by atoms with van der Waals surface area (Å²) in [5.74, 6) is -4.51. The Morgan fingerprint density at radius 3 is 1.28 bits per heavy atom. The number of fused-ring (bicyclic) bond motifs is 2. The number of carbonyl (C=O) groups is 9. The molecule has 10 aromatic rings. The molecular weight excluding hydrogens is 2190 g/mol. The number of benzene rings is 10. The quantitative estimate of drug-likeness (QED) is 0.00337. The molecule has 32 nitrogen and oxygen atoms in total. The number of anilines is 6. The molecule has 1 saturated heterocycles. The van der Waals surface area contributed by atoms with Gasteiger partial charge in [0.2, 0.25) is 11.8 Å². The number of aromatic hydroxyl groups is 2. The zero-order valence-corrected chi connectivity index (χ0v) is 89.7. The Morgan fingerprint density at radius 1 is 0.510 bits per heavy atom. The maximum Gasteiger partial charge on any atom is 1.00 e. The monoisotopic (exact) mass is 2290 g/mol. The van der Waals surface area contributed by atoms with Crippen LogP contribution < -0.4 is 69.7 Å². The topological polar surface area (TPSA) is 452 Å². The average Bonchev–Trinajstić information content (AvgIpc) is 0.736. The first-order chi connectivity index (χ1) is 69.0. The van der Waals surface area contributed by atoms with Crippen molar-refractivity contribution in [2.75, 3.05) is 117 Å². The van der Waals surface area contributed by atoms with Gasteiger partial charge in [-0.25, -0.2) is 14.4 Å². The number of alkyl halides is 9. The second kappa shape index (κ2) is 63.2. The Labute approximate surface area is 902 Å². The molecule has 0 saturated carbocycles. The van der Waals surface area contributed by atoms with Crippen molar-refractivity contribution < 1.29 is 194 Å². The van der Waals surface area contributed by atoms with Crippen molar-refractivity contribution in [3.8, 4) is 11.5 Å². The largest absolute Gasteiger partial charge is 1.00 e. The number of ether oxygens (including phenoxy) is 5. The molecule has 0 spiro atoms. The molecule has 0 aromatic heterocycles. The molecule has 3 heterocycles. The predicted octanol–water partition coefficient (Wildman–Crippen LogP) is 15.8. The number of primary amides is 1. The number of nitrogens with zero attached hydrogens (tertiary/aromatic N) is 5. The molecule has 8 N–H and O–H groups in total. The number of Topliss-reactive ketones (excluding diaryl/α,β-unsaturated/α-hetero) is 1. The molecular formula is C98H107Cl5F9N8NaO24S3Ti. The molecule has 1 atom stereocenters. The van der Waals surface area contributed by atoms with Gasteiger partial charge in [0.25, 0.3) is 0 Å². The number of hydrogen-bond acceptors (Lipinski definition) is 28. The number of aryl methyl sites for hydroxylation is 2. The zero-order valence-electron chi connectivity index (χ0n) is 80.9. The van der Waals surface area contributed by atoms with Crippen LogP contribution in [0.2, 0.25) is 5.02 Å². The molecule has 51 heteroatoms. The van der Waals surface area contributed by atoms with E-state index in [1.165, 1.54) is 28.4 Å². The van der Waals surface area contributed by atoms with Crippen molar-refractivity contribution in [1.29, 1.82) is 0 Å². The summed E-state index contributed by atoms with van der Waals surface area (Å²) in [7, 11) is 6.90. The van der Waals surface area contributed by atoms with Crippen LogP contribution in [-0.2, 0) is 126 Å². The van der Waals surface area contributed by atoms with Crippen LogP contribution in [0.1, 0.15) is 64.9 Å². The second-order valence-electron chi connectivity index (χ2n) is 30.6. The van der Waals surface area contributed by atoms with Crippen LogP contribution in [0.4, 0.5) is 73.6 Å². The molecule has 3 aliphatic heterocycles. The first kappa shape index (κ1) is 131. The van der Waals surface area contributed by atoms with Crippen LogP contribution in [0.5, 0.6) is 11.5 Å². The minimum Gasteiger partial charge on any atom is -1.00 e. The number of esters is 5. The second-order valence-corrected chi connectivity index (χ2v) is 51.8. The van der Waals surface area contributed by atoms with Crippen LogP contribution in [0.15, 0.2) is 284 Å². The molecule has 2 amide bonds. The third-order valence-corrected chi connectivity index (χ3v) is 25.3. The summed E-state index contributed by atoms with van der Waals surface area (Å²) in [6.45, 7) is 6.21. The standard InChI is InChI=1S/C25H24N2O4.C14H14F3NO5S.C14H19NO4.C13H15NO3.C13H13NO2.C8H4ClF6NO4S2.C6H7N.C4H6O2.CH4.4ClH.Na.Ti.H/c28-21-10-9-18-14-17(6-8-19(18)15-21)7-11-24(29)26-23-12-13-27(16-22(23)25(30)31)20-4-2-1-3-5-20;1-22-13(19)11-9-18(10-5-3-2-4-6-10)8-7-12(11)23-24(20,21)14(15,16)17;1-18-13(16)8-10-15(11-9-14(17)19-2)12-6-4-3-5-7-12;1-17-13(16)11-9-14(8-7-12(11)15)10-5-3-2-4-6-10;14-13(16)6-2-9-1-3-11-8-12(15)5-4-10(11)7-9;9-5-1-3-6(4-2-5)16(21(17,18)7(10,11)12)22(19,20)8(13,14)15;7-6-4-2-1-3-5-6;1-3-4(5)6-2;;;;;;;;/h1-6,8-10,14-15,28H,7,11-13,16H2,(H,26,29)(H,30,31);2-6H,7-9H2,1H3;3-7H,8-11H2,1-2H3;2-6,11H,7-9H2,1H3;1,3-5,7-8,15H,2,6H2,(H2,14,16);1-4H;1-5H,7H2;3H,1H2,2H3;1H4;4*1H;;;/q;;;;;;;;;;;;;+1;+4;-1/p-4. The number of sulfonamides is 2. The number of nitrogen functional groups attached to an aromatic ring is 1. The SMILES string of the molecule is C.C=CC(=O)OC.COC(=O)C1=C(OS(=O)(=O)C(F)(F)F)CCN(c2ccccc2)C1.COC(=O)C1CN(c2ccccc2)CCC1=O.COC(=O)CCN(CCC(=O)OC)c1ccccc1.NC(=O)CCc1ccc2cc(O)ccc2c1.Nc1ccccc1.O=C(CCc1ccc2cc(O)ccc2c1)NC1=C(C(=O)O)CN(c2ccccc2)CC1.O=S(=O)(N(c1ccc(Cl)cc1)S(=O)(=O)C(F)(F)F)C(F)(F)F.[Cl][Ti]([Cl])([Cl])[Cl].[H-].[Na+]. The van der Waals surface area contributed by atoms with E-state index in [0.29, 0.717) is 82.7 Å². The van der Waals surface area contributed by atoms with E-state index in [1.807, 2.05) is 185 Å². The van der Waals surface area contributed by atoms with Crippen molar-refractivity contribution in [3.63, 3.8) is 0 Å². The molecule has 13 rings (SSSR count). The van der Waals surface area contributed by atoms with E-state index in [4.69, 9.17) is 60.3 Å². The fourth-order valence-electron chi connectivity index (χ4n) is 13.2. The average molecular weight is 2300 g/mol. The number of aliphatic carboxylic acids is 1. The summed E-state index contributed by atoms with van der Waals surface area (Å²) < 4.78 is 205. The fraction of sp³-hybridized carbons (Fsp3) is 0.276. The Hall–Kier alpha value is -12.0. The van der Waals surface area contributed by atoms with Crippen molar-refractivity contribution in [2.24, 2.45) is 11.7 Å². The van der Waals surface area contributed by atoms with Gasteiger partial charge in [-0.05, 0) is 155 Å². The van der Waals surface area contributed by atoms with Gasteiger partial charge < -0.3 is 81.0 Å². The van der Waals surface area contributed by atoms with E-state index in [2.05, 4.69) is 39.8 Å². The fourth-order valence-corrected chi connectivity index (χ4v) is 16.6. The first-order valence-electron chi connectivity index (χ1n) is 43.2. The Kier molecular flexibility index (Phi) is 55.6. The van der Waals surface area contributed by atoms with Crippen LogP contribution in [-0.4, -0.2) is 198 Å². The number of phenolic OH excluding ortho intramolecular Hbond substituents is 2. The maximum atomic E-state index is 12.5. The van der Waals surface area contributed by atoms with Gasteiger partial charge in [-0.15, -0.1) is 3.71 Å². The minimum absolute atomic E-state index is 0. The van der Waals surface area contributed by atoms with Crippen LogP contribution in [0.25, 0.3) is 21.5 Å². The van der Waals surface area contributed by atoms with E-state index >= 15 is 0 Å². The molecule has 0 bridgehead atoms. The van der Waals surface area contributed by atoms with E-state index in [0.717, 1.165) is 86.4 Å². The number of carbonyl (C=O) groups excluding carboxylic acids is 8.